The number of halogens is 1. The van der Waals surface area contributed by atoms with Gasteiger partial charge in [0, 0.05) is 3.57 Å². The van der Waals surface area contributed by atoms with Crippen molar-refractivity contribution in [2.24, 2.45) is 0 Å². The molecule has 1 aliphatic heterocycles. The van der Waals surface area contributed by atoms with E-state index in [1.165, 1.54) is 0 Å². The molecule has 0 saturated carbocycles. The molecule has 0 atom stereocenters. The molecule has 1 heterocycles. The average Bonchev–Trinajstić information content (AvgIpc) is 2.05. The lowest BCUT2D eigenvalue weighted by molar-refractivity contribution is 0.592. The predicted molar refractivity (Wildman–Crippen MR) is 65.7 cm³/mol. The zero-order valence-electron chi connectivity index (χ0n) is 6.74. The van der Waals surface area contributed by atoms with Gasteiger partial charge in [-0.25, -0.2) is 8.42 Å². The number of hydrogen-bond donors (Lipinski definition) is 2. The molecule has 1 aliphatic rings. The number of benzene rings is 1. The first-order valence-corrected chi connectivity index (χ1v) is 6.59. The van der Waals surface area contributed by atoms with Crippen molar-refractivity contribution >= 4 is 55.6 Å². The topological polar surface area (TPSA) is 58.2 Å². The highest BCUT2D eigenvalue weighted by molar-refractivity contribution is 14.1. The maximum atomic E-state index is 11.6. The number of thiocarbonyl (C=S) groups is 1. The minimum absolute atomic E-state index is 0.110. The second-order valence-corrected chi connectivity index (χ2v) is 6.00. The quantitative estimate of drug-likeness (QED) is 0.552. The molecule has 1 aromatic carbocycles. The van der Waals surface area contributed by atoms with Crippen molar-refractivity contribution in [1.29, 1.82) is 0 Å². The van der Waals surface area contributed by atoms with Gasteiger partial charge in [-0.2, -0.15) is 0 Å². The summed E-state index contributed by atoms with van der Waals surface area (Å²) in [6.07, 6.45) is 0. The molecule has 0 aromatic heterocycles. The van der Waals surface area contributed by atoms with Crippen LogP contribution in [0.15, 0.2) is 23.1 Å². The first kappa shape index (κ1) is 10.1. The van der Waals surface area contributed by atoms with Gasteiger partial charge in [-0.1, -0.05) is 0 Å². The van der Waals surface area contributed by atoms with E-state index in [1.807, 2.05) is 6.07 Å². The fraction of sp³-hybridized carbons (Fsp3) is 0. The number of anilines is 1. The van der Waals surface area contributed by atoms with Gasteiger partial charge in [0.25, 0.3) is 10.0 Å². The summed E-state index contributed by atoms with van der Waals surface area (Å²) in [5.74, 6) is 0. The standard InChI is InChI=1S/C7H5IN2O2S2/c8-4-1-2-5-6(3-4)14(11,12)10-7(13)9-5/h1-3H,(H2,9,10,13). The number of fused-ring (bicyclic) bond motifs is 1. The van der Waals surface area contributed by atoms with Crippen LogP contribution in [0.25, 0.3) is 0 Å². The lowest BCUT2D eigenvalue weighted by Crippen LogP contribution is -2.39. The van der Waals surface area contributed by atoms with E-state index in [2.05, 4.69) is 32.6 Å². The van der Waals surface area contributed by atoms with E-state index in [0.29, 0.717) is 5.69 Å². The van der Waals surface area contributed by atoms with Gasteiger partial charge in [-0.15, -0.1) is 0 Å². The third-order valence-electron chi connectivity index (χ3n) is 1.71. The van der Waals surface area contributed by atoms with Crippen molar-refractivity contribution in [3.05, 3.63) is 21.8 Å². The summed E-state index contributed by atoms with van der Waals surface area (Å²) < 4.78 is 26.3. The Labute approximate surface area is 100 Å². The molecule has 14 heavy (non-hydrogen) atoms. The first-order chi connectivity index (χ1) is 6.49. The van der Waals surface area contributed by atoms with Gasteiger partial charge in [0.15, 0.2) is 5.11 Å². The molecule has 1 aromatic rings. The fourth-order valence-corrected chi connectivity index (χ4v) is 3.38. The molecule has 2 rings (SSSR count). The average molecular weight is 340 g/mol. The summed E-state index contributed by atoms with van der Waals surface area (Å²) in [4.78, 5) is 0.234. The van der Waals surface area contributed by atoms with Crippen LogP contribution in [0.4, 0.5) is 5.69 Å². The Kier molecular flexibility index (Phi) is 2.40. The molecule has 0 fully saturated rings. The normalized spacial score (nSPS) is 17.9. The Morgan fingerprint density at radius 2 is 2.07 bits per heavy atom. The summed E-state index contributed by atoms with van der Waals surface area (Å²) in [7, 11) is -3.47. The maximum absolute atomic E-state index is 11.6. The summed E-state index contributed by atoms with van der Waals surface area (Å²) >= 11 is 6.82. The summed E-state index contributed by atoms with van der Waals surface area (Å²) in [5, 5.41) is 2.89. The van der Waals surface area contributed by atoms with E-state index < -0.39 is 10.0 Å². The minimum atomic E-state index is -3.47. The molecule has 2 N–H and O–H groups in total. The molecule has 74 valence electrons. The van der Waals surface area contributed by atoms with E-state index in [0.717, 1.165) is 3.57 Å². The van der Waals surface area contributed by atoms with Crippen LogP contribution in [-0.2, 0) is 10.0 Å². The van der Waals surface area contributed by atoms with Crippen LogP contribution in [0.2, 0.25) is 0 Å². The molecule has 4 nitrogen and oxygen atoms in total. The largest absolute Gasteiger partial charge is 0.331 e. The molecule has 0 amide bonds. The van der Waals surface area contributed by atoms with Crippen LogP contribution in [0.1, 0.15) is 0 Å². The Morgan fingerprint density at radius 1 is 1.36 bits per heavy atom. The smallest absolute Gasteiger partial charge is 0.265 e. The first-order valence-electron chi connectivity index (χ1n) is 3.62. The van der Waals surface area contributed by atoms with Crippen molar-refractivity contribution in [1.82, 2.24) is 4.72 Å². The van der Waals surface area contributed by atoms with Crippen molar-refractivity contribution < 1.29 is 8.42 Å². The van der Waals surface area contributed by atoms with E-state index in [-0.39, 0.29) is 10.0 Å². The van der Waals surface area contributed by atoms with Gasteiger partial charge in [0.05, 0.1) is 5.69 Å². The lowest BCUT2D eigenvalue weighted by atomic mass is 10.3. The highest BCUT2D eigenvalue weighted by Gasteiger charge is 2.25. The van der Waals surface area contributed by atoms with Crippen molar-refractivity contribution in [3.8, 4) is 0 Å². The van der Waals surface area contributed by atoms with Crippen LogP contribution in [0.3, 0.4) is 0 Å². The molecule has 0 unspecified atom stereocenters. The summed E-state index contributed by atoms with van der Waals surface area (Å²) in [6.45, 7) is 0. The van der Waals surface area contributed by atoms with Gasteiger partial charge in [-0.3, -0.25) is 4.72 Å². The van der Waals surface area contributed by atoms with Crippen molar-refractivity contribution in [3.63, 3.8) is 0 Å². The van der Waals surface area contributed by atoms with Crippen LogP contribution in [0.5, 0.6) is 0 Å². The number of rotatable bonds is 0. The van der Waals surface area contributed by atoms with Gasteiger partial charge < -0.3 is 5.32 Å². The number of hydrogen-bond acceptors (Lipinski definition) is 3. The monoisotopic (exact) mass is 340 g/mol. The molecule has 7 heteroatoms. The minimum Gasteiger partial charge on any atom is -0.331 e. The molecule has 0 aliphatic carbocycles. The lowest BCUT2D eigenvalue weighted by Gasteiger charge is -2.20. The van der Waals surface area contributed by atoms with Crippen molar-refractivity contribution in [2.45, 2.75) is 4.90 Å². The Bertz CT molecular complexity index is 512. The number of nitrogens with one attached hydrogen (secondary N) is 2. The van der Waals surface area contributed by atoms with Gasteiger partial charge >= 0.3 is 0 Å². The highest BCUT2D eigenvalue weighted by atomic mass is 127. The predicted octanol–water partition coefficient (Wildman–Crippen LogP) is 1.28. The zero-order valence-corrected chi connectivity index (χ0v) is 10.5. The van der Waals surface area contributed by atoms with E-state index in [1.54, 1.807) is 12.1 Å². The summed E-state index contributed by atoms with van der Waals surface area (Å²) in [6, 6.07) is 5.10. The number of sulfonamides is 1. The highest BCUT2D eigenvalue weighted by Crippen LogP contribution is 2.26. The Balaban J connectivity index is 2.71. The van der Waals surface area contributed by atoms with Gasteiger partial charge in [0.2, 0.25) is 0 Å². The fourth-order valence-electron chi connectivity index (χ4n) is 1.15. The van der Waals surface area contributed by atoms with Crippen LogP contribution < -0.4 is 10.0 Å². The summed E-state index contributed by atoms with van der Waals surface area (Å²) in [5.41, 5.74) is 0.522. The Hall–Kier alpha value is -0.410. The SMILES string of the molecule is O=S1(=O)NC(=S)Nc2ccc(I)cc21. The maximum Gasteiger partial charge on any atom is 0.265 e. The third-order valence-corrected chi connectivity index (χ3v) is 4.10. The van der Waals surface area contributed by atoms with Crippen LogP contribution >= 0.6 is 34.8 Å². The van der Waals surface area contributed by atoms with E-state index in [9.17, 15) is 8.42 Å². The van der Waals surface area contributed by atoms with Gasteiger partial charge in [0.1, 0.15) is 4.90 Å². The zero-order chi connectivity index (χ0) is 10.3. The second-order valence-electron chi connectivity index (χ2n) is 2.70. The second kappa shape index (κ2) is 3.31. The Morgan fingerprint density at radius 3 is 2.79 bits per heavy atom. The van der Waals surface area contributed by atoms with Crippen LogP contribution in [-0.4, -0.2) is 13.5 Å². The molecule has 0 saturated heterocycles. The van der Waals surface area contributed by atoms with Gasteiger partial charge in [-0.05, 0) is 53.0 Å². The molecule has 0 spiro atoms. The molecule has 0 bridgehead atoms. The molecular weight excluding hydrogens is 335 g/mol. The third kappa shape index (κ3) is 1.71. The molecule has 0 radical (unpaired) electrons. The van der Waals surface area contributed by atoms with Crippen LogP contribution in [0, 0.1) is 3.57 Å². The van der Waals surface area contributed by atoms with E-state index >= 15 is 0 Å². The van der Waals surface area contributed by atoms with E-state index in [4.69, 9.17) is 12.2 Å². The van der Waals surface area contributed by atoms with Crippen molar-refractivity contribution in [2.75, 3.05) is 5.32 Å². The molecular formula is C7H5IN2O2S2.